The van der Waals surface area contributed by atoms with E-state index in [1.807, 2.05) is 24.4 Å². The first-order valence-corrected chi connectivity index (χ1v) is 8.85. The van der Waals surface area contributed by atoms with Gasteiger partial charge in [0.25, 0.3) is 0 Å². The van der Waals surface area contributed by atoms with Crippen molar-refractivity contribution >= 4 is 31.1 Å². The first-order valence-electron chi connectivity index (χ1n) is 5.50. The molecule has 1 unspecified atom stereocenters. The van der Waals surface area contributed by atoms with Crippen LogP contribution in [0.2, 0.25) is 0 Å². The highest BCUT2D eigenvalue weighted by Crippen LogP contribution is 2.13. The lowest BCUT2D eigenvalue weighted by atomic mass is 10.1. The van der Waals surface area contributed by atoms with Gasteiger partial charge in [0, 0.05) is 22.2 Å². The largest absolute Gasteiger partial charge is 0.376 e. The molecule has 1 rings (SSSR count). The van der Waals surface area contributed by atoms with Crippen molar-refractivity contribution in [1.29, 1.82) is 0 Å². The zero-order chi connectivity index (χ0) is 12.7. The van der Waals surface area contributed by atoms with Gasteiger partial charge in [0.05, 0.1) is 12.4 Å². The molecule has 98 valence electrons. The molecule has 0 aliphatic rings. The summed E-state index contributed by atoms with van der Waals surface area (Å²) in [5, 5.41) is 2.02. The lowest BCUT2D eigenvalue weighted by molar-refractivity contribution is 0.110. The first kappa shape index (κ1) is 15.0. The van der Waals surface area contributed by atoms with Gasteiger partial charge in [-0.3, -0.25) is 0 Å². The fraction of sp³-hybridized carbons (Fsp3) is 0.636. The molecule has 0 aliphatic heterocycles. The minimum atomic E-state index is -3.35. The van der Waals surface area contributed by atoms with E-state index in [1.54, 1.807) is 11.3 Å². The molecule has 0 saturated heterocycles. The summed E-state index contributed by atoms with van der Waals surface area (Å²) in [5.74, 6) is 0.354. The van der Waals surface area contributed by atoms with Crippen molar-refractivity contribution < 1.29 is 13.2 Å². The van der Waals surface area contributed by atoms with E-state index in [4.69, 9.17) is 15.4 Å². The highest BCUT2D eigenvalue weighted by Gasteiger charge is 2.09. The van der Waals surface area contributed by atoms with Gasteiger partial charge in [-0.15, -0.1) is 11.3 Å². The molecular formula is C11H17ClO3S2. The summed E-state index contributed by atoms with van der Waals surface area (Å²) < 4.78 is 27.0. The zero-order valence-corrected chi connectivity index (χ0v) is 12.2. The molecule has 6 heteroatoms. The Morgan fingerprint density at radius 2 is 2.24 bits per heavy atom. The van der Waals surface area contributed by atoms with Crippen LogP contribution < -0.4 is 0 Å². The normalized spacial score (nSPS) is 13.8. The molecule has 0 N–H and O–H groups in total. The van der Waals surface area contributed by atoms with Crippen molar-refractivity contribution in [3.8, 4) is 0 Å². The van der Waals surface area contributed by atoms with Crippen molar-refractivity contribution in [3.05, 3.63) is 22.4 Å². The van der Waals surface area contributed by atoms with Crippen LogP contribution in [0, 0.1) is 5.92 Å². The molecule has 0 aromatic carbocycles. The third-order valence-corrected chi connectivity index (χ3v) is 4.47. The van der Waals surface area contributed by atoms with Crippen LogP contribution in [0.15, 0.2) is 17.5 Å². The summed E-state index contributed by atoms with van der Waals surface area (Å²) in [6, 6.07) is 4.03. The third-order valence-electron chi connectivity index (χ3n) is 2.43. The number of hydrogen-bond acceptors (Lipinski definition) is 4. The molecule has 3 nitrogen and oxygen atoms in total. The fourth-order valence-corrected chi connectivity index (χ4v) is 2.93. The number of rotatable bonds is 8. The van der Waals surface area contributed by atoms with Crippen molar-refractivity contribution in [2.75, 3.05) is 12.4 Å². The van der Waals surface area contributed by atoms with E-state index >= 15 is 0 Å². The minimum Gasteiger partial charge on any atom is -0.376 e. The number of halogens is 1. The lowest BCUT2D eigenvalue weighted by Gasteiger charge is -2.10. The van der Waals surface area contributed by atoms with Gasteiger partial charge in [0.2, 0.25) is 9.05 Å². The molecule has 0 saturated carbocycles. The average Bonchev–Trinajstić information content (AvgIpc) is 2.73. The molecule has 0 aliphatic carbocycles. The van der Waals surface area contributed by atoms with Crippen LogP contribution in [-0.2, 0) is 20.4 Å². The second-order valence-electron chi connectivity index (χ2n) is 4.06. The van der Waals surface area contributed by atoms with E-state index in [-0.39, 0.29) is 5.75 Å². The van der Waals surface area contributed by atoms with Crippen LogP contribution in [0.1, 0.15) is 24.6 Å². The van der Waals surface area contributed by atoms with Crippen LogP contribution in [0.3, 0.4) is 0 Å². The van der Waals surface area contributed by atoms with Crippen LogP contribution in [0.5, 0.6) is 0 Å². The minimum absolute atomic E-state index is 0.0423. The van der Waals surface area contributed by atoms with Crippen LogP contribution in [-0.4, -0.2) is 20.8 Å². The Bertz CT molecular complexity index is 400. The standard InChI is InChI=1S/C11H17ClO3S2/c1-10(5-8-17(12,13)14)4-6-15-9-11-3-2-7-16-11/h2-3,7,10H,4-6,8-9H2,1H3. The molecular weight excluding hydrogens is 280 g/mol. The topological polar surface area (TPSA) is 43.4 Å². The number of thiophene rings is 1. The van der Waals surface area contributed by atoms with Crippen LogP contribution in [0.4, 0.5) is 0 Å². The third kappa shape index (κ3) is 7.76. The molecule has 17 heavy (non-hydrogen) atoms. The SMILES string of the molecule is CC(CCOCc1cccs1)CCS(=O)(=O)Cl. The highest BCUT2D eigenvalue weighted by molar-refractivity contribution is 8.13. The predicted molar refractivity (Wildman–Crippen MR) is 72.0 cm³/mol. The second kappa shape index (κ2) is 7.36. The maximum Gasteiger partial charge on any atom is 0.232 e. The van der Waals surface area contributed by atoms with E-state index in [2.05, 4.69) is 0 Å². The molecule has 0 fully saturated rings. The number of ether oxygens (including phenoxy) is 1. The zero-order valence-electron chi connectivity index (χ0n) is 9.76. The van der Waals surface area contributed by atoms with Gasteiger partial charge in [0.15, 0.2) is 0 Å². The molecule has 1 heterocycles. The Hall–Kier alpha value is -0.100. The van der Waals surface area contributed by atoms with E-state index in [1.165, 1.54) is 4.88 Å². The van der Waals surface area contributed by atoms with E-state index in [0.717, 1.165) is 6.42 Å². The molecule has 0 bridgehead atoms. The molecule has 1 atom stereocenters. The smallest absolute Gasteiger partial charge is 0.232 e. The second-order valence-corrected chi connectivity index (χ2v) is 7.99. The Balaban J connectivity index is 2.06. The van der Waals surface area contributed by atoms with Crippen molar-refractivity contribution in [2.24, 2.45) is 5.92 Å². The summed E-state index contributed by atoms with van der Waals surface area (Å²) >= 11 is 1.67. The summed E-state index contributed by atoms with van der Waals surface area (Å²) in [6.45, 7) is 3.30. The molecule has 0 amide bonds. The fourth-order valence-electron chi connectivity index (χ4n) is 1.34. The Kier molecular flexibility index (Phi) is 6.48. The van der Waals surface area contributed by atoms with Gasteiger partial charge in [-0.05, 0) is 30.2 Å². The van der Waals surface area contributed by atoms with E-state index in [0.29, 0.717) is 25.6 Å². The summed E-state index contributed by atoms with van der Waals surface area (Å²) in [5.41, 5.74) is 0. The summed E-state index contributed by atoms with van der Waals surface area (Å²) in [7, 11) is 1.80. The van der Waals surface area contributed by atoms with Crippen molar-refractivity contribution in [3.63, 3.8) is 0 Å². The summed E-state index contributed by atoms with van der Waals surface area (Å²) in [4.78, 5) is 1.21. The highest BCUT2D eigenvalue weighted by atomic mass is 35.7. The summed E-state index contributed by atoms with van der Waals surface area (Å²) in [6.07, 6.45) is 1.45. The lowest BCUT2D eigenvalue weighted by Crippen LogP contribution is -2.07. The Morgan fingerprint density at radius 1 is 1.47 bits per heavy atom. The molecule has 0 spiro atoms. The van der Waals surface area contributed by atoms with Gasteiger partial charge in [-0.1, -0.05) is 13.0 Å². The van der Waals surface area contributed by atoms with Gasteiger partial charge >= 0.3 is 0 Å². The van der Waals surface area contributed by atoms with Gasteiger partial charge in [-0.25, -0.2) is 8.42 Å². The molecule has 1 aromatic heterocycles. The average molecular weight is 297 g/mol. The Morgan fingerprint density at radius 3 is 2.82 bits per heavy atom. The molecule has 0 radical (unpaired) electrons. The van der Waals surface area contributed by atoms with Crippen LogP contribution in [0.25, 0.3) is 0 Å². The van der Waals surface area contributed by atoms with Crippen molar-refractivity contribution in [1.82, 2.24) is 0 Å². The van der Waals surface area contributed by atoms with E-state index < -0.39 is 9.05 Å². The first-order chi connectivity index (χ1) is 7.97. The maximum atomic E-state index is 10.8. The molecule has 1 aromatic rings. The van der Waals surface area contributed by atoms with E-state index in [9.17, 15) is 8.42 Å². The Labute approximate surface area is 111 Å². The maximum absolute atomic E-state index is 10.8. The van der Waals surface area contributed by atoms with Gasteiger partial charge < -0.3 is 4.74 Å². The van der Waals surface area contributed by atoms with Crippen molar-refractivity contribution in [2.45, 2.75) is 26.4 Å². The van der Waals surface area contributed by atoms with Crippen LogP contribution >= 0.6 is 22.0 Å². The quantitative estimate of drug-likeness (QED) is 0.546. The predicted octanol–water partition coefficient (Wildman–Crippen LogP) is 3.25. The van der Waals surface area contributed by atoms with Gasteiger partial charge in [0.1, 0.15) is 0 Å². The monoisotopic (exact) mass is 296 g/mol. The van der Waals surface area contributed by atoms with Gasteiger partial charge in [-0.2, -0.15) is 0 Å². The number of hydrogen-bond donors (Lipinski definition) is 0.